The number of rotatable bonds is 7. The number of hydrogen-bond donors (Lipinski definition) is 2. The van der Waals surface area contributed by atoms with Crippen LogP contribution in [0.3, 0.4) is 0 Å². The van der Waals surface area contributed by atoms with Gasteiger partial charge in [0.05, 0.1) is 19.1 Å². The van der Waals surface area contributed by atoms with E-state index in [1.165, 1.54) is 0 Å². The largest absolute Gasteiger partial charge is 0.466 e. The topological polar surface area (TPSA) is 107 Å². The highest BCUT2D eigenvalue weighted by Crippen LogP contribution is 2.17. The summed E-state index contributed by atoms with van der Waals surface area (Å²) in [7, 11) is 0. The maximum Gasteiger partial charge on any atom is 0.312 e. The van der Waals surface area contributed by atoms with Crippen molar-refractivity contribution in [3.05, 3.63) is 5.01 Å². The molecule has 112 valence electrons. The highest BCUT2D eigenvalue weighted by molar-refractivity contribution is 7.15. The lowest BCUT2D eigenvalue weighted by atomic mass is 10.00. The molecule has 0 saturated heterocycles. The summed E-state index contributed by atoms with van der Waals surface area (Å²) in [6, 6.07) is -0.586. The van der Waals surface area contributed by atoms with Gasteiger partial charge in [0, 0.05) is 0 Å². The van der Waals surface area contributed by atoms with Crippen LogP contribution in [0.2, 0.25) is 0 Å². The van der Waals surface area contributed by atoms with Gasteiger partial charge < -0.3 is 10.5 Å². The van der Waals surface area contributed by atoms with Crippen molar-refractivity contribution in [1.29, 1.82) is 0 Å². The normalized spacial score (nSPS) is 13.6. The minimum absolute atomic E-state index is 0.0544. The van der Waals surface area contributed by atoms with Crippen molar-refractivity contribution in [2.45, 2.75) is 39.7 Å². The van der Waals surface area contributed by atoms with E-state index in [1.807, 2.05) is 13.8 Å². The van der Waals surface area contributed by atoms with Gasteiger partial charge in [-0.25, -0.2) is 0 Å². The van der Waals surface area contributed by atoms with Crippen LogP contribution in [0.15, 0.2) is 0 Å². The summed E-state index contributed by atoms with van der Waals surface area (Å²) < 4.78 is 4.81. The molecule has 1 rings (SSSR count). The second-order valence-corrected chi connectivity index (χ2v) is 5.45. The molecular formula is C12H20N4O3S. The SMILES string of the molecule is CCOC(=O)Cc1nnc(NC(=O)C(N)C(C)CC)s1. The van der Waals surface area contributed by atoms with E-state index in [9.17, 15) is 9.59 Å². The summed E-state index contributed by atoms with van der Waals surface area (Å²) in [5.41, 5.74) is 5.82. The zero-order valence-electron chi connectivity index (χ0n) is 11.9. The molecule has 0 radical (unpaired) electrons. The van der Waals surface area contributed by atoms with Gasteiger partial charge in [-0.15, -0.1) is 10.2 Å². The summed E-state index contributed by atoms with van der Waals surface area (Å²) in [5.74, 6) is -0.571. The van der Waals surface area contributed by atoms with Gasteiger partial charge in [0.2, 0.25) is 11.0 Å². The molecule has 1 heterocycles. The fraction of sp³-hybridized carbons (Fsp3) is 0.667. The Labute approximate surface area is 121 Å². The van der Waals surface area contributed by atoms with Gasteiger partial charge >= 0.3 is 5.97 Å². The third-order valence-corrected chi connectivity index (χ3v) is 3.70. The summed E-state index contributed by atoms with van der Waals surface area (Å²) >= 11 is 1.14. The Bertz CT molecular complexity index is 463. The maximum atomic E-state index is 11.9. The van der Waals surface area contributed by atoms with Crippen LogP contribution in [-0.4, -0.2) is 34.7 Å². The predicted molar refractivity (Wildman–Crippen MR) is 76.3 cm³/mol. The lowest BCUT2D eigenvalue weighted by molar-refractivity contribution is -0.142. The maximum absolute atomic E-state index is 11.9. The molecule has 1 amide bonds. The van der Waals surface area contributed by atoms with Gasteiger partial charge in [-0.1, -0.05) is 31.6 Å². The van der Waals surface area contributed by atoms with Gasteiger partial charge in [-0.05, 0) is 12.8 Å². The van der Waals surface area contributed by atoms with Crippen LogP contribution < -0.4 is 11.1 Å². The quantitative estimate of drug-likeness (QED) is 0.726. The molecule has 0 aliphatic rings. The van der Waals surface area contributed by atoms with Crippen LogP contribution in [-0.2, 0) is 20.7 Å². The van der Waals surface area contributed by atoms with E-state index in [0.29, 0.717) is 16.7 Å². The monoisotopic (exact) mass is 300 g/mol. The average Bonchev–Trinajstić information content (AvgIpc) is 2.84. The number of nitrogens with two attached hydrogens (primary N) is 1. The summed E-state index contributed by atoms with van der Waals surface area (Å²) in [6.07, 6.45) is 0.873. The Kier molecular flexibility index (Phi) is 6.53. The molecule has 0 saturated carbocycles. The van der Waals surface area contributed by atoms with E-state index in [2.05, 4.69) is 15.5 Å². The van der Waals surface area contributed by atoms with Gasteiger partial charge in [-0.2, -0.15) is 0 Å². The Balaban J connectivity index is 2.55. The van der Waals surface area contributed by atoms with Gasteiger partial charge in [0.25, 0.3) is 0 Å². The number of hydrogen-bond acceptors (Lipinski definition) is 7. The molecular weight excluding hydrogens is 280 g/mol. The molecule has 2 atom stereocenters. The molecule has 1 aromatic heterocycles. The molecule has 8 heteroatoms. The summed E-state index contributed by atoms with van der Waals surface area (Å²) in [6.45, 7) is 5.95. The van der Waals surface area contributed by atoms with Crippen molar-refractivity contribution in [3.63, 3.8) is 0 Å². The molecule has 20 heavy (non-hydrogen) atoms. The number of anilines is 1. The van der Waals surface area contributed by atoms with E-state index in [4.69, 9.17) is 10.5 Å². The highest BCUT2D eigenvalue weighted by atomic mass is 32.1. The van der Waals surface area contributed by atoms with Gasteiger partial charge in [-0.3, -0.25) is 14.9 Å². The number of esters is 1. The molecule has 0 spiro atoms. The summed E-state index contributed by atoms with van der Waals surface area (Å²) in [4.78, 5) is 23.1. The van der Waals surface area contributed by atoms with Crippen molar-refractivity contribution in [3.8, 4) is 0 Å². The van der Waals surface area contributed by atoms with Crippen LogP contribution in [0.1, 0.15) is 32.2 Å². The summed E-state index contributed by atoms with van der Waals surface area (Å²) in [5, 5.41) is 11.1. The molecule has 2 unspecified atom stereocenters. The van der Waals surface area contributed by atoms with Crippen LogP contribution in [0.25, 0.3) is 0 Å². The van der Waals surface area contributed by atoms with E-state index in [0.717, 1.165) is 17.8 Å². The Hall–Kier alpha value is -1.54. The first kappa shape index (κ1) is 16.5. The Morgan fingerprint density at radius 1 is 1.40 bits per heavy atom. The number of nitrogens with one attached hydrogen (secondary N) is 1. The molecule has 3 N–H and O–H groups in total. The molecule has 7 nitrogen and oxygen atoms in total. The van der Waals surface area contributed by atoms with E-state index < -0.39 is 6.04 Å². The first-order chi connectivity index (χ1) is 9.47. The van der Waals surface area contributed by atoms with E-state index in [-0.39, 0.29) is 24.2 Å². The van der Waals surface area contributed by atoms with Crippen molar-refractivity contribution >= 4 is 28.3 Å². The Morgan fingerprint density at radius 2 is 2.10 bits per heavy atom. The van der Waals surface area contributed by atoms with Crippen molar-refractivity contribution < 1.29 is 14.3 Å². The van der Waals surface area contributed by atoms with Crippen molar-refractivity contribution in [2.24, 2.45) is 11.7 Å². The number of nitrogens with zero attached hydrogens (tertiary/aromatic N) is 2. The van der Waals surface area contributed by atoms with Crippen molar-refractivity contribution in [1.82, 2.24) is 10.2 Å². The van der Waals surface area contributed by atoms with E-state index in [1.54, 1.807) is 6.92 Å². The first-order valence-electron chi connectivity index (χ1n) is 6.52. The highest BCUT2D eigenvalue weighted by Gasteiger charge is 2.21. The minimum atomic E-state index is -0.586. The molecule has 1 aromatic rings. The van der Waals surface area contributed by atoms with Crippen LogP contribution in [0.5, 0.6) is 0 Å². The Morgan fingerprint density at radius 3 is 2.70 bits per heavy atom. The molecule has 0 aromatic carbocycles. The zero-order valence-corrected chi connectivity index (χ0v) is 12.7. The molecule has 0 fully saturated rings. The number of aromatic nitrogens is 2. The van der Waals surface area contributed by atoms with Crippen LogP contribution in [0, 0.1) is 5.92 Å². The fourth-order valence-electron chi connectivity index (χ4n) is 1.41. The first-order valence-corrected chi connectivity index (χ1v) is 7.34. The van der Waals surface area contributed by atoms with Crippen LogP contribution in [0.4, 0.5) is 5.13 Å². The van der Waals surface area contributed by atoms with E-state index >= 15 is 0 Å². The standard InChI is InChI=1S/C12H20N4O3S/c1-4-7(3)10(13)11(18)14-12-16-15-8(20-12)6-9(17)19-5-2/h7,10H,4-6,13H2,1-3H3,(H,14,16,18). The third-order valence-electron chi connectivity index (χ3n) is 2.86. The second-order valence-electron chi connectivity index (χ2n) is 4.38. The average molecular weight is 300 g/mol. The second kappa shape index (κ2) is 7.91. The van der Waals surface area contributed by atoms with Gasteiger partial charge in [0.15, 0.2) is 0 Å². The number of carbonyl (C=O) groups is 2. The van der Waals surface area contributed by atoms with Gasteiger partial charge in [0.1, 0.15) is 5.01 Å². The molecule has 0 aliphatic heterocycles. The number of ether oxygens (including phenoxy) is 1. The minimum Gasteiger partial charge on any atom is -0.466 e. The number of amides is 1. The molecule has 0 bridgehead atoms. The third kappa shape index (κ3) is 4.86. The zero-order chi connectivity index (χ0) is 15.1. The van der Waals surface area contributed by atoms with Crippen molar-refractivity contribution in [2.75, 3.05) is 11.9 Å². The lowest BCUT2D eigenvalue weighted by Crippen LogP contribution is -2.40. The predicted octanol–water partition coefficient (Wildman–Crippen LogP) is 0.956. The molecule has 0 aliphatic carbocycles. The van der Waals surface area contributed by atoms with Crippen LogP contribution >= 0.6 is 11.3 Å². The number of carbonyl (C=O) groups excluding carboxylic acids is 2. The fourth-order valence-corrected chi connectivity index (χ4v) is 2.14. The lowest BCUT2D eigenvalue weighted by Gasteiger charge is -2.16. The smallest absolute Gasteiger partial charge is 0.312 e.